The second-order valence-corrected chi connectivity index (χ2v) is 3.81. The average molecular weight is 223 g/mol. The lowest BCUT2D eigenvalue weighted by atomic mass is 10.1. The first-order valence-electron chi connectivity index (χ1n) is 5.44. The van der Waals surface area contributed by atoms with Crippen molar-refractivity contribution in [3.63, 3.8) is 0 Å². The Morgan fingerprint density at radius 2 is 2.12 bits per heavy atom. The van der Waals surface area contributed by atoms with Gasteiger partial charge in [0.05, 0.1) is 17.4 Å². The fourth-order valence-corrected chi connectivity index (χ4v) is 1.63. The van der Waals surface area contributed by atoms with Gasteiger partial charge in [0, 0.05) is 12.7 Å². The van der Waals surface area contributed by atoms with Gasteiger partial charge in [0.2, 0.25) is 0 Å². The lowest BCUT2D eigenvalue weighted by Crippen LogP contribution is -2.03. The summed E-state index contributed by atoms with van der Waals surface area (Å²) >= 11 is 0. The van der Waals surface area contributed by atoms with Crippen LogP contribution in [0.25, 0.3) is 0 Å². The molecule has 2 rings (SSSR count). The van der Waals surface area contributed by atoms with Gasteiger partial charge in [0.1, 0.15) is 6.07 Å². The van der Waals surface area contributed by atoms with Crippen molar-refractivity contribution >= 4 is 5.69 Å². The Morgan fingerprint density at radius 3 is 2.88 bits per heavy atom. The van der Waals surface area contributed by atoms with Gasteiger partial charge in [-0.05, 0) is 24.1 Å². The van der Waals surface area contributed by atoms with E-state index in [0.717, 1.165) is 5.69 Å². The third-order valence-corrected chi connectivity index (χ3v) is 2.67. The Balaban J connectivity index is 2.13. The normalized spacial score (nSPS) is 9.65. The molecule has 1 heterocycles. The number of aryl methyl sites for hydroxylation is 1. The van der Waals surface area contributed by atoms with E-state index in [1.807, 2.05) is 12.1 Å². The molecule has 0 atom stereocenters. The second-order valence-electron chi connectivity index (χ2n) is 3.81. The molecule has 0 saturated carbocycles. The molecule has 0 aliphatic heterocycles. The molecule has 1 aromatic carbocycles. The highest BCUT2D eigenvalue weighted by Crippen LogP contribution is 2.14. The third kappa shape index (κ3) is 2.61. The lowest BCUT2D eigenvalue weighted by Gasteiger charge is -2.09. The van der Waals surface area contributed by atoms with Crippen LogP contribution in [0.5, 0.6) is 0 Å². The van der Waals surface area contributed by atoms with E-state index >= 15 is 0 Å². The summed E-state index contributed by atoms with van der Waals surface area (Å²) in [6.07, 6.45) is 3.30. The third-order valence-electron chi connectivity index (χ3n) is 2.67. The average Bonchev–Trinajstić information content (AvgIpc) is 2.38. The van der Waals surface area contributed by atoms with Crippen molar-refractivity contribution in [1.29, 1.82) is 5.26 Å². The number of nitriles is 1. The van der Waals surface area contributed by atoms with E-state index < -0.39 is 0 Å². The molecule has 0 amide bonds. The number of pyridine rings is 1. The summed E-state index contributed by atoms with van der Waals surface area (Å²) in [4.78, 5) is 4.01. The number of benzene rings is 1. The minimum atomic E-state index is 0.619. The smallest absolute Gasteiger partial charge is 0.101 e. The molecule has 0 radical (unpaired) electrons. The molecule has 3 nitrogen and oxygen atoms in total. The van der Waals surface area contributed by atoms with E-state index in [-0.39, 0.29) is 0 Å². The van der Waals surface area contributed by atoms with E-state index in [1.165, 1.54) is 11.1 Å². The molecule has 0 unspecified atom stereocenters. The first-order valence-corrected chi connectivity index (χ1v) is 5.44. The fourth-order valence-electron chi connectivity index (χ4n) is 1.63. The van der Waals surface area contributed by atoms with Crippen LogP contribution in [0, 0.1) is 18.3 Å². The van der Waals surface area contributed by atoms with Crippen LogP contribution < -0.4 is 5.32 Å². The molecule has 1 aromatic heterocycles. The summed E-state index contributed by atoms with van der Waals surface area (Å²) < 4.78 is 0. The molecule has 0 spiro atoms. The van der Waals surface area contributed by atoms with Crippen molar-refractivity contribution in [2.24, 2.45) is 0 Å². The maximum Gasteiger partial charge on any atom is 0.101 e. The van der Waals surface area contributed by atoms with Crippen molar-refractivity contribution in [3.8, 4) is 6.07 Å². The van der Waals surface area contributed by atoms with Gasteiger partial charge in [0.25, 0.3) is 0 Å². The van der Waals surface area contributed by atoms with Crippen LogP contribution in [-0.4, -0.2) is 4.98 Å². The Kier molecular flexibility index (Phi) is 3.37. The molecule has 84 valence electrons. The van der Waals surface area contributed by atoms with Crippen LogP contribution in [-0.2, 0) is 6.54 Å². The van der Waals surface area contributed by atoms with E-state index in [2.05, 4.69) is 35.4 Å². The number of hydrogen-bond acceptors (Lipinski definition) is 3. The maximum absolute atomic E-state index is 8.95. The highest BCUT2D eigenvalue weighted by atomic mass is 14.9. The van der Waals surface area contributed by atoms with Gasteiger partial charge in [-0.2, -0.15) is 5.26 Å². The van der Waals surface area contributed by atoms with Crippen molar-refractivity contribution in [3.05, 3.63) is 59.4 Å². The first-order chi connectivity index (χ1) is 8.31. The summed E-state index contributed by atoms with van der Waals surface area (Å²) in [6.45, 7) is 2.78. The zero-order chi connectivity index (χ0) is 12.1. The fraction of sp³-hybridized carbons (Fsp3) is 0.143. The Morgan fingerprint density at radius 1 is 1.29 bits per heavy atom. The Bertz CT molecular complexity index is 555. The highest BCUT2D eigenvalue weighted by Gasteiger charge is 2.01. The van der Waals surface area contributed by atoms with Gasteiger partial charge in [-0.3, -0.25) is 4.98 Å². The minimum Gasteiger partial charge on any atom is -0.379 e. The van der Waals surface area contributed by atoms with Gasteiger partial charge in [0.15, 0.2) is 0 Å². The van der Waals surface area contributed by atoms with Crippen LogP contribution in [0.3, 0.4) is 0 Å². The van der Waals surface area contributed by atoms with Crippen LogP contribution in [0.15, 0.2) is 42.7 Å². The summed E-state index contributed by atoms with van der Waals surface area (Å²) in [5.74, 6) is 0. The Hall–Kier alpha value is -2.34. The molecule has 17 heavy (non-hydrogen) atoms. The monoisotopic (exact) mass is 223 g/mol. The van der Waals surface area contributed by atoms with Gasteiger partial charge in [-0.1, -0.05) is 24.3 Å². The minimum absolute atomic E-state index is 0.619. The SMILES string of the molecule is Cc1ccccc1CNc1cnccc1C#N. The highest BCUT2D eigenvalue weighted by molar-refractivity contribution is 5.55. The van der Waals surface area contributed by atoms with Crippen LogP contribution >= 0.6 is 0 Å². The molecule has 0 aliphatic rings. The van der Waals surface area contributed by atoms with Crippen molar-refractivity contribution in [1.82, 2.24) is 4.98 Å². The van der Waals surface area contributed by atoms with Crippen LogP contribution in [0.2, 0.25) is 0 Å². The quantitative estimate of drug-likeness (QED) is 0.870. The second kappa shape index (κ2) is 5.13. The van der Waals surface area contributed by atoms with E-state index in [1.54, 1.807) is 18.5 Å². The van der Waals surface area contributed by atoms with Crippen molar-refractivity contribution in [2.45, 2.75) is 13.5 Å². The van der Waals surface area contributed by atoms with Crippen molar-refractivity contribution < 1.29 is 0 Å². The zero-order valence-electron chi connectivity index (χ0n) is 9.64. The molecular formula is C14H13N3. The van der Waals surface area contributed by atoms with Gasteiger partial charge >= 0.3 is 0 Å². The standard InChI is InChI=1S/C14H13N3/c1-11-4-2-3-5-13(11)9-17-14-10-16-7-6-12(14)8-15/h2-7,10,17H,9H2,1H3. The topological polar surface area (TPSA) is 48.7 Å². The van der Waals surface area contributed by atoms with Crippen LogP contribution in [0.4, 0.5) is 5.69 Å². The number of anilines is 1. The van der Waals surface area contributed by atoms with E-state index in [4.69, 9.17) is 5.26 Å². The molecular weight excluding hydrogens is 210 g/mol. The predicted octanol–water partition coefficient (Wildman–Crippen LogP) is 2.87. The molecule has 0 saturated heterocycles. The number of aromatic nitrogens is 1. The molecule has 0 fully saturated rings. The van der Waals surface area contributed by atoms with E-state index in [9.17, 15) is 0 Å². The number of nitrogens with zero attached hydrogens (tertiary/aromatic N) is 2. The molecule has 0 bridgehead atoms. The molecule has 3 heteroatoms. The lowest BCUT2D eigenvalue weighted by molar-refractivity contribution is 1.11. The largest absolute Gasteiger partial charge is 0.379 e. The summed E-state index contributed by atoms with van der Waals surface area (Å²) in [5.41, 5.74) is 3.86. The maximum atomic E-state index is 8.95. The van der Waals surface area contributed by atoms with Crippen molar-refractivity contribution in [2.75, 3.05) is 5.32 Å². The van der Waals surface area contributed by atoms with E-state index in [0.29, 0.717) is 12.1 Å². The zero-order valence-corrected chi connectivity index (χ0v) is 9.64. The Labute approximate surface area is 101 Å². The molecule has 1 N–H and O–H groups in total. The predicted molar refractivity (Wildman–Crippen MR) is 67.5 cm³/mol. The van der Waals surface area contributed by atoms with Gasteiger partial charge < -0.3 is 5.32 Å². The molecule has 2 aromatic rings. The summed E-state index contributed by atoms with van der Waals surface area (Å²) in [5, 5.41) is 12.2. The number of nitrogens with one attached hydrogen (secondary N) is 1. The van der Waals surface area contributed by atoms with Crippen LogP contribution in [0.1, 0.15) is 16.7 Å². The number of rotatable bonds is 3. The first kappa shape index (κ1) is 11.2. The molecule has 0 aliphatic carbocycles. The summed E-state index contributed by atoms with van der Waals surface area (Å²) in [6, 6.07) is 12.0. The van der Waals surface area contributed by atoms with Gasteiger partial charge in [-0.15, -0.1) is 0 Å². The van der Waals surface area contributed by atoms with Gasteiger partial charge in [-0.25, -0.2) is 0 Å². The summed E-state index contributed by atoms with van der Waals surface area (Å²) in [7, 11) is 0. The number of hydrogen-bond donors (Lipinski definition) is 1.